The summed E-state index contributed by atoms with van der Waals surface area (Å²) in [6.07, 6.45) is -0.316. The molecule has 0 unspecified atom stereocenters. The molecule has 1 aromatic heterocycles. The van der Waals surface area contributed by atoms with E-state index in [0.29, 0.717) is 10.0 Å². The van der Waals surface area contributed by atoms with Crippen LogP contribution in [0.4, 0.5) is 0 Å². The Hall–Kier alpha value is -1.15. The molecule has 1 heterocycles. The second-order valence-corrected chi connectivity index (χ2v) is 3.53. The van der Waals surface area contributed by atoms with Crippen molar-refractivity contribution in [1.29, 1.82) is 0 Å². The van der Waals surface area contributed by atoms with E-state index < -0.39 is 18.6 Å². The number of aromatic nitrogens is 1. The third-order valence-electron chi connectivity index (χ3n) is 1.73. The van der Waals surface area contributed by atoms with E-state index in [1.807, 2.05) is 0 Å². The van der Waals surface area contributed by atoms with Gasteiger partial charge in [-0.05, 0) is 24.5 Å². The van der Waals surface area contributed by atoms with Gasteiger partial charge in [0.15, 0.2) is 0 Å². The van der Waals surface area contributed by atoms with Crippen LogP contribution in [-0.4, -0.2) is 4.98 Å². The molecule has 2 heteroatoms. The Kier molecular flexibility index (Phi) is 1.28. The molecular formula is C12H10BrN. The lowest BCUT2D eigenvalue weighted by Gasteiger charge is -2.03. The van der Waals surface area contributed by atoms with E-state index in [1.165, 1.54) is 0 Å². The van der Waals surface area contributed by atoms with Crippen molar-refractivity contribution >= 4 is 15.9 Å². The summed E-state index contributed by atoms with van der Waals surface area (Å²) in [5.41, 5.74) is 0.180. The smallest absolute Gasteiger partial charge is 0.0847 e. The Bertz CT molecular complexity index is 668. The minimum atomic E-state index is -2.60. The maximum absolute atomic E-state index is 7.97. The minimum Gasteiger partial charge on any atom is -0.261 e. The zero-order valence-electron chi connectivity index (χ0n) is 13.1. The number of benzene rings is 1. The molecule has 0 saturated heterocycles. The topological polar surface area (TPSA) is 12.9 Å². The first-order chi connectivity index (χ1) is 9.23. The van der Waals surface area contributed by atoms with Gasteiger partial charge in [-0.1, -0.05) is 40.2 Å². The van der Waals surface area contributed by atoms with Gasteiger partial charge >= 0.3 is 0 Å². The standard InChI is InChI=1S/C12H10BrN/c1-9-6-7-10(8-14-9)11-4-2-3-5-12(11)13/h2-8H,1H3/i1D3,6D,7D,8D. The number of pyridine rings is 1. The molecule has 14 heavy (non-hydrogen) atoms. The average Bonchev–Trinajstić information content (AvgIpc) is 2.35. The molecule has 0 amide bonds. The third-order valence-corrected chi connectivity index (χ3v) is 2.42. The highest BCUT2D eigenvalue weighted by Gasteiger charge is 2.01. The van der Waals surface area contributed by atoms with Gasteiger partial charge in [-0.2, -0.15) is 0 Å². The molecule has 70 valence electrons. The normalized spacial score (nSPS) is 17.2. The Morgan fingerprint density at radius 1 is 1.36 bits per heavy atom. The second-order valence-electron chi connectivity index (χ2n) is 2.68. The highest BCUT2D eigenvalue weighted by molar-refractivity contribution is 9.10. The Labute approximate surface area is 100 Å². The number of hydrogen-bond donors (Lipinski definition) is 0. The monoisotopic (exact) mass is 253 g/mol. The maximum Gasteiger partial charge on any atom is 0.0847 e. The fourth-order valence-corrected chi connectivity index (χ4v) is 1.56. The van der Waals surface area contributed by atoms with E-state index in [9.17, 15) is 0 Å². The van der Waals surface area contributed by atoms with Crippen LogP contribution in [0.2, 0.25) is 0 Å². The van der Waals surface area contributed by atoms with Crippen LogP contribution in [0, 0.1) is 6.85 Å². The van der Waals surface area contributed by atoms with Crippen LogP contribution in [0.25, 0.3) is 11.1 Å². The molecule has 0 spiro atoms. The summed E-state index contributed by atoms with van der Waals surface area (Å²) in [6, 6.07) is 6.18. The van der Waals surface area contributed by atoms with Crippen molar-refractivity contribution in [2.24, 2.45) is 0 Å². The van der Waals surface area contributed by atoms with Gasteiger partial charge in [0.1, 0.15) is 0 Å². The highest BCUT2D eigenvalue weighted by atomic mass is 79.9. The molecule has 1 nitrogen and oxygen atoms in total. The molecule has 0 bridgehead atoms. The van der Waals surface area contributed by atoms with E-state index in [0.717, 1.165) is 0 Å². The number of aryl methyl sites for hydroxylation is 1. The number of hydrogen-bond acceptors (Lipinski definition) is 1. The van der Waals surface area contributed by atoms with E-state index in [-0.39, 0.29) is 17.8 Å². The van der Waals surface area contributed by atoms with Crippen molar-refractivity contribution in [3.63, 3.8) is 0 Å². The summed E-state index contributed by atoms with van der Waals surface area (Å²) >= 11 is 3.32. The predicted molar refractivity (Wildman–Crippen MR) is 62.1 cm³/mol. The van der Waals surface area contributed by atoms with E-state index in [4.69, 9.17) is 8.22 Å². The molecule has 2 rings (SSSR count). The summed E-state index contributed by atoms with van der Waals surface area (Å²) in [5.74, 6) is 0. The quantitative estimate of drug-likeness (QED) is 0.753. The third kappa shape index (κ3) is 1.85. The lowest BCUT2D eigenvalue weighted by Crippen LogP contribution is -1.83. The average molecular weight is 254 g/mol. The molecule has 0 fully saturated rings. The van der Waals surface area contributed by atoms with Crippen molar-refractivity contribution in [1.82, 2.24) is 4.98 Å². The van der Waals surface area contributed by atoms with E-state index in [2.05, 4.69) is 20.9 Å². The first kappa shape index (κ1) is 4.58. The molecule has 0 aliphatic heterocycles. The van der Waals surface area contributed by atoms with Gasteiger partial charge in [-0.3, -0.25) is 4.98 Å². The number of rotatable bonds is 1. The van der Waals surface area contributed by atoms with Crippen molar-refractivity contribution in [3.05, 3.63) is 52.7 Å². The largest absolute Gasteiger partial charge is 0.261 e. The van der Waals surface area contributed by atoms with Crippen molar-refractivity contribution in [2.45, 2.75) is 6.85 Å². The molecule has 1 aromatic carbocycles. The van der Waals surface area contributed by atoms with Crippen LogP contribution in [0.5, 0.6) is 0 Å². The van der Waals surface area contributed by atoms with Crippen molar-refractivity contribution in [3.8, 4) is 11.1 Å². The van der Waals surface area contributed by atoms with E-state index >= 15 is 0 Å². The molecule has 2 aromatic rings. The lowest BCUT2D eigenvalue weighted by molar-refractivity contribution is 1.20. The molecule has 0 aliphatic carbocycles. The predicted octanol–water partition coefficient (Wildman–Crippen LogP) is 3.82. The van der Waals surface area contributed by atoms with Gasteiger partial charge in [0.25, 0.3) is 0 Å². The fourth-order valence-electron chi connectivity index (χ4n) is 1.08. The zero-order chi connectivity index (χ0) is 15.1. The van der Waals surface area contributed by atoms with Crippen LogP contribution < -0.4 is 0 Å². The highest BCUT2D eigenvalue weighted by Crippen LogP contribution is 2.26. The van der Waals surface area contributed by atoms with Crippen LogP contribution in [0.15, 0.2) is 47.0 Å². The van der Waals surface area contributed by atoms with Gasteiger partial charge in [0.05, 0.1) is 4.11 Å². The molecule has 0 N–H and O–H groups in total. The van der Waals surface area contributed by atoms with Gasteiger partial charge in [0.2, 0.25) is 0 Å². The SMILES string of the molecule is [2H]c1nc(C([2H])([2H])[2H])c([2H])c([2H])c1-c1ccccc1Br. The number of nitrogens with zero attached hydrogens (tertiary/aromatic N) is 1. The van der Waals surface area contributed by atoms with Gasteiger partial charge < -0.3 is 0 Å². The fraction of sp³-hybridized carbons (Fsp3) is 0.0833. The molecule has 0 saturated carbocycles. The summed E-state index contributed by atoms with van der Waals surface area (Å²) < 4.78 is 46.2. The van der Waals surface area contributed by atoms with Crippen molar-refractivity contribution in [2.75, 3.05) is 0 Å². The Morgan fingerprint density at radius 2 is 2.21 bits per heavy atom. The van der Waals surface area contributed by atoms with Crippen LogP contribution in [0.3, 0.4) is 0 Å². The van der Waals surface area contributed by atoms with E-state index in [1.54, 1.807) is 24.3 Å². The van der Waals surface area contributed by atoms with Crippen LogP contribution in [-0.2, 0) is 0 Å². The summed E-state index contributed by atoms with van der Waals surface area (Å²) in [6.45, 7) is -2.60. The maximum atomic E-state index is 7.97. The summed E-state index contributed by atoms with van der Waals surface area (Å²) in [7, 11) is 0. The zero-order valence-corrected chi connectivity index (χ0v) is 8.72. The van der Waals surface area contributed by atoms with Crippen molar-refractivity contribution < 1.29 is 8.22 Å². The molecular weight excluding hydrogens is 238 g/mol. The first-order valence-corrected chi connectivity index (χ1v) is 4.76. The number of halogens is 1. The second kappa shape index (κ2) is 3.93. The Balaban J connectivity index is 2.76. The lowest BCUT2D eigenvalue weighted by atomic mass is 10.1. The summed E-state index contributed by atoms with van der Waals surface area (Å²) in [5, 5.41) is 0. The summed E-state index contributed by atoms with van der Waals surface area (Å²) in [4.78, 5) is 3.70. The molecule has 0 radical (unpaired) electrons. The van der Waals surface area contributed by atoms with Crippen LogP contribution in [0.1, 0.15) is 13.9 Å². The van der Waals surface area contributed by atoms with Crippen LogP contribution >= 0.6 is 15.9 Å². The van der Waals surface area contributed by atoms with Gasteiger partial charge in [-0.25, -0.2) is 0 Å². The van der Waals surface area contributed by atoms with Gasteiger partial charge in [0, 0.05) is 26.0 Å². The molecule has 0 atom stereocenters. The molecule has 0 aliphatic rings. The van der Waals surface area contributed by atoms with Gasteiger partial charge in [-0.15, -0.1) is 0 Å². The first-order valence-electron chi connectivity index (χ1n) is 6.96. The minimum absolute atomic E-state index is 0.149. The Morgan fingerprint density at radius 3 is 3.00 bits per heavy atom.